The van der Waals surface area contributed by atoms with Gasteiger partial charge in [-0.3, -0.25) is 4.90 Å². The van der Waals surface area contributed by atoms with Crippen molar-refractivity contribution in [2.75, 3.05) is 31.9 Å². The van der Waals surface area contributed by atoms with Gasteiger partial charge >= 0.3 is 0 Å². The Hall–Kier alpha value is -0.630. The van der Waals surface area contributed by atoms with E-state index < -0.39 is 10.0 Å². The largest absolute Gasteiger partial charge is 0.399 e. The van der Waals surface area contributed by atoms with E-state index in [1.54, 1.807) is 22.5 Å². The number of nitrogens with two attached hydrogens (primary N) is 1. The van der Waals surface area contributed by atoms with Crippen molar-refractivity contribution in [3.8, 4) is 0 Å². The second kappa shape index (κ2) is 6.01. The number of nitrogens with zero attached hydrogens (tertiary/aromatic N) is 2. The monoisotopic (exact) mass is 361 g/mol. The minimum Gasteiger partial charge on any atom is -0.399 e. The Labute approximate surface area is 128 Å². The van der Waals surface area contributed by atoms with E-state index in [1.807, 2.05) is 0 Å². The Bertz CT molecular complexity index is 591. The van der Waals surface area contributed by atoms with Crippen LogP contribution in [0, 0.1) is 0 Å². The number of benzene rings is 1. The molecule has 1 unspecified atom stereocenters. The molecule has 7 heteroatoms. The molecular weight excluding hydrogens is 342 g/mol. The highest BCUT2D eigenvalue weighted by Crippen LogP contribution is 2.28. The molecule has 1 aromatic carbocycles. The van der Waals surface area contributed by atoms with Gasteiger partial charge in [0.05, 0.1) is 4.90 Å². The fourth-order valence-corrected chi connectivity index (χ4v) is 5.08. The molecule has 1 aliphatic heterocycles. The van der Waals surface area contributed by atoms with Crippen LogP contribution in [-0.4, -0.2) is 49.8 Å². The number of hydrogen-bond donors (Lipinski definition) is 1. The summed E-state index contributed by atoms with van der Waals surface area (Å²) in [4.78, 5) is 2.56. The van der Waals surface area contributed by atoms with Gasteiger partial charge in [0, 0.05) is 35.8 Å². The fraction of sp³-hybridized carbons (Fsp3) is 0.538. The molecule has 1 saturated heterocycles. The molecule has 0 spiro atoms. The van der Waals surface area contributed by atoms with Crippen molar-refractivity contribution in [1.82, 2.24) is 9.21 Å². The molecule has 112 valence electrons. The zero-order valence-electron chi connectivity index (χ0n) is 11.7. The van der Waals surface area contributed by atoms with E-state index in [0.717, 1.165) is 13.1 Å². The summed E-state index contributed by atoms with van der Waals surface area (Å²) < 4.78 is 27.5. The summed E-state index contributed by atoms with van der Waals surface area (Å²) in [5.41, 5.74) is 6.20. The molecule has 2 rings (SSSR count). The fourth-order valence-electron chi connectivity index (χ4n) is 2.52. The first-order valence-electron chi connectivity index (χ1n) is 6.65. The van der Waals surface area contributed by atoms with Gasteiger partial charge in [-0.2, -0.15) is 4.31 Å². The van der Waals surface area contributed by atoms with E-state index in [9.17, 15) is 8.42 Å². The van der Waals surface area contributed by atoms with E-state index in [4.69, 9.17) is 5.73 Å². The van der Waals surface area contributed by atoms with Crippen molar-refractivity contribution in [3.05, 3.63) is 22.7 Å². The molecule has 0 saturated carbocycles. The van der Waals surface area contributed by atoms with E-state index in [1.165, 1.54) is 0 Å². The van der Waals surface area contributed by atoms with E-state index >= 15 is 0 Å². The summed E-state index contributed by atoms with van der Waals surface area (Å²) in [6.45, 7) is 6.91. The Morgan fingerprint density at radius 3 is 2.65 bits per heavy atom. The normalized spacial score (nSPS) is 22.1. The highest BCUT2D eigenvalue weighted by atomic mass is 79.9. The summed E-state index contributed by atoms with van der Waals surface area (Å²) in [7, 11) is -3.47. The van der Waals surface area contributed by atoms with Crippen molar-refractivity contribution in [2.24, 2.45) is 0 Å². The van der Waals surface area contributed by atoms with Crippen molar-refractivity contribution in [3.63, 3.8) is 0 Å². The Morgan fingerprint density at radius 2 is 2.10 bits per heavy atom. The second-order valence-electron chi connectivity index (χ2n) is 5.03. The van der Waals surface area contributed by atoms with Crippen molar-refractivity contribution in [2.45, 2.75) is 24.8 Å². The quantitative estimate of drug-likeness (QED) is 0.832. The third kappa shape index (κ3) is 3.00. The Morgan fingerprint density at radius 1 is 1.40 bits per heavy atom. The predicted octanol–water partition coefficient (Wildman–Crippen LogP) is 1.75. The van der Waals surface area contributed by atoms with Gasteiger partial charge in [-0.05, 0) is 47.6 Å². The topological polar surface area (TPSA) is 66.6 Å². The van der Waals surface area contributed by atoms with Crippen molar-refractivity contribution in [1.29, 1.82) is 0 Å². The zero-order chi connectivity index (χ0) is 14.9. The molecule has 20 heavy (non-hydrogen) atoms. The van der Waals surface area contributed by atoms with Crippen LogP contribution in [0.2, 0.25) is 0 Å². The molecule has 2 N–H and O–H groups in total. The van der Waals surface area contributed by atoms with Crippen LogP contribution in [-0.2, 0) is 10.0 Å². The maximum atomic E-state index is 12.7. The molecule has 1 fully saturated rings. The van der Waals surface area contributed by atoms with Gasteiger partial charge in [-0.15, -0.1) is 0 Å². The van der Waals surface area contributed by atoms with Crippen LogP contribution >= 0.6 is 15.9 Å². The van der Waals surface area contributed by atoms with Crippen LogP contribution in [0.25, 0.3) is 0 Å². The lowest BCUT2D eigenvalue weighted by atomic mass is 10.2. The standard InChI is InChI=1S/C13H20BrN3O2S/c1-3-16-6-7-17(9-10(16)2)20(18,19)13-5-4-11(15)8-12(13)14/h4-5,8,10H,3,6-7,9,15H2,1-2H3. The van der Waals surface area contributed by atoms with Gasteiger partial charge in [0.25, 0.3) is 0 Å². The molecular formula is C13H20BrN3O2S. The van der Waals surface area contributed by atoms with Crippen LogP contribution in [0.1, 0.15) is 13.8 Å². The highest BCUT2D eigenvalue weighted by Gasteiger charge is 2.32. The summed E-state index contributed by atoms with van der Waals surface area (Å²) in [6.07, 6.45) is 0. The maximum absolute atomic E-state index is 12.7. The Kier molecular flexibility index (Phi) is 4.73. The van der Waals surface area contributed by atoms with Crippen LogP contribution in [0.3, 0.4) is 0 Å². The van der Waals surface area contributed by atoms with E-state index in [0.29, 0.717) is 23.2 Å². The van der Waals surface area contributed by atoms with Crippen molar-refractivity contribution < 1.29 is 8.42 Å². The van der Waals surface area contributed by atoms with Gasteiger partial charge in [-0.25, -0.2) is 8.42 Å². The zero-order valence-corrected chi connectivity index (χ0v) is 14.1. The average Bonchev–Trinajstić information content (AvgIpc) is 2.38. The second-order valence-corrected chi connectivity index (χ2v) is 7.79. The average molecular weight is 362 g/mol. The van der Waals surface area contributed by atoms with Gasteiger partial charge in [0.15, 0.2) is 0 Å². The lowest BCUT2D eigenvalue weighted by Crippen LogP contribution is -2.53. The number of halogens is 1. The van der Waals surface area contributed by atoms with E-state index in [-0.39, 0.29) is 10.9 Å². The van der Waals surface area contributed by atoms with Gasteiger partial charge in [0.2, 0.25) is 10.0 Å². The van der Waals surface area contributed by atoms with E-state index in [2.05, 4.69) is 34.7 Å². The number of hydrogen-bond acceptors (Lipinski definition) is 4. The number of likely N-dealkylation sites (N-methyl/N-ethyl adjacent to an activating group) is 1. The first-order valence-corrected chi connectivity index (χ1v) is 8.88. The van der Waals surface area contributed by atoms with Crippen LogP contribution in [0.4, 0.5) is 5.69 Å². The summed E-state index contributed by atoms with van der Waals surface area (Å²) in [5.74, 6) is 0. The molecule has 0 aromatic heterocycles. The first-order chi connectivity index (χ1) is 9.36. The van der Waals surface area contributed by atoms with Gasteiger partial charge < -0.3 is 5.73 Å². The summed E-state index contributed by atoms with van der Waals surface area (Å²) in [6, 6.07) is 5.03. The molecule has 0 amide bonds. The third-order valence-corrected chi connectivity index (χ3v) is 6.55. The van der Waals surface area contributed by atoms with Crippen LogP contribution in [0.5, 0.6) is 0 Å². The SMILES string of the molecule is CCN1CCN(S(=O)(=O)c2ccc(N)cc2Br)CC1C. The molecule has 1 aromatic rings. The minimum absolute atomic E-state index is 0.232. The highest BCUT2D eigenvalue weighted by molar-refractivity contribution is 9.10. The van der Waals surface area contributed by atoms with Crippen LogP contribution < -0.4 is 5.73 Å². The third-order valence-electron chi connectivity index (χ3n) is 3.71. The molecule has 1 aliphatic rings. The Balaban J connectivity index is 2.27. The predicted molar refractivity (Wildman–Crippen MR) is 84.0 cm³/mol. The number of rotatable bonds is 3. The molecule has 1 atom stereocenters. The smallest absolute Gasteiger partial charge is 0.244 e. The molecule has 0 radical (unpaired) electrons. The number of anilines is 1. The molecule has 5 nitrogen and oxygen atoms in total. The lowest BCUT2D eigenvalue weighted by Gasteiger charge is -2.38. The van der Waals surface area contributed by atoms with Gasteiger partial charge in [-0.1, -0.05) is 6.92 Å². The number of piperazine rings is 1. The van der Waals surface area contributed by atoms with Gasteiger partial charge in [0.1, 0.15) is 0 Å². The first kappa shape index (κ1) is 15.8. The maximum Gasteiger partial charge on any atom is 0.244 e. The summed E-state index contributed by atoms with van der Waals surface area (Å²) >= 11 is 3.29. The number of nitrogen functional groups attached to an aromatic ring is 1. The molecule has 0 aliphatic carbocycles. The molecule has 0 bridgehead atoms. The molecule has 1 heterocycles. The lowest BCUT2D eigenvalue weighted by molar-refractivity contribution is 0.135. The van der Waals surface area contributed by atoms with Crippen LogP contribution in [0.15, 0.2) is 27.6 Å². The number of sulfonamides is 1. The summed E-state index contributed by atoms with van der Waals surface area (Å²) in [5, 5.41) is 0. The van der Waals surface area contributed by atoms with Crippen molar-refractivity contribution >= 4 is 31.6 Å². The minimum atomic E-state index is -3.47.